The van der Waals surface area contributed by atoms with Crippen LogP contribution in [0.1, 0.15) is 27.3 Å². The van der Waals surface area contributed by atoms with E-state index in [0.29, 0.717) is 5.69 Å². The zero-order valence-corrected chi connectivity index (χ0v) is 11.1. The van der Waals surface area contributed by atoms with E-state index >= 15 is 0 Å². The fourth-order valence-electron chi connectivity index (χ4n) is 1.81. The first-order chi connectivity index (χ1) is 8.47. The van der Waals surface area contributed by atoms with Gasteiger partial charge in [-0.05, 0) is 38.5 Å². The van der Waals surface area contributed by atoms with Crippen molar-refractivity contribution in [2.24, 2.45) is 7.05 Å². The Kier molecular flexibility index (Phi) is 3.19. The van der Waals surface area contributed by atoms with Crippen LogP contribution in [0.15, 0.2) is 24.3 Å². The Morgan fingerprint density at radius 1 is 1.22 bits per heavy atom. The van der Waals surface area contributed by atoms with Crippen LogP contribution in [0.4, 0.5) is 5.69 Å². The molecule has 0 unspecified atom stereocenters. The van der Waals surface area contributed by atoms with Gasteiger partial charge in [-0.1, -0.05) is 17.7 Å². The van der Waals surface area contributed by atoms with Crippen LogP contribution < -0.4 is 5.32 Å². The van der Waals surface area contributed by atoms with Gasteiger partial charge in [0.15, 0.2) is 5.69 Å². The number of rotatable bonds is 2. The highest BCUT2D eigenvalue weighted by atomic mass is 16.1. The van der Waals surface area contributed by atoms with E-state index in [0.717, 1.165) is 16.9 Å². The second-order valence-electron chi connectivity index (χ2n) is 4.57. The Balaban J connectivity index is 2.21. The topological polar surface area (TPSA) is 46.9 Å². The predicted molar refractivity (Wildman–Crippen MR) is 71.8 cm³/mol. The van der Waals surface area contributed by atoms with Crippen molar-refractivity contribution in [2.45, 2.75) is 20.8 Å². The van der Waals surface area contributed by atoms with Crippen LogP contribution in [0.3, 0.4) is 0 Å². The molecule has 0 spiro atoms. The highest BCUT2D eigenvalue weighted by Crippen LogP contribution is 2.17. The van der Waals surface area contributed by atoms with Crippen molar-refractivity contribution in [1.82, 2.24) is 9.78 Å². The van der Waals surface area contributed by atoms with Gasteiger partial charge in [0.25, 0.3) is 5.91 Å². The van der Waals surface area contributed by atoms with Gasteiger partial charge in [0.05, 0.1) is 0 Å². The number of anilines is 1. The third-order valence-corrected chi connectivity index (χ3v) is 2.98. The molecule has 0 aliphatic rings. The molecule has 2 aromatic rings. The van der Waals surface area contributed by atoms with Crippen molar-refractivity contribution in [2.75, 3.05) is 5.32 Å². The first-order valence-electron chi connectivity index (χ1n) is 5.86. The van der Waals surface area contributed by atoms with Crippen LogP contribution in [0, 0.1) is 20.8 Å². The Labute approximate surface area is 107 Å². The number of aromatic nitrogens is 2. The SMILES string of the molecule is Cc1ccc(NC(=O)c2cc(C)n(C)n2)c(C)c1. The summed E-state index contributed by atoms with van der Waals surface area (Å²) in [6.07, 6.45) is 0. The number of carbonyl (C=O) groups excluding carboxylic acids is 1. The highest BCUT2D eigenvalue weighted by Gasteiger charge is 2.12. The first kappa shape index (κ1) is 12.4. The van der Waals surface area contributed by atoms with Gasteiger partial charge >= 0.3 is 0 Å². The molecular formula is C14H17N3O. The van der Waals surface area contributed by atoms with E-state index in [-0.39, 0.29) is 5.91 Å². The molecule has 1 aromatic carbocycles. The van der Waals surface area contributed by atoms with Crippen molar-refractivity contribution in [3.05, 3.63) is 46.8 Å². The molecule has 0 bridgehead atoms. The van der Waals surface area contributed by atoms with Gasteiger partial charge in [0, 0.05) is 18.4 Å². The van der Waals surface area contributed by atoms with Gasteiger partial charge in [-0.3, -0.25) is 9.48 Å². The molecule has 0 radical (unpaired) electrons. The Bertz CT molecular complexity index is 580. The normalized spacial score (nSPS) is 10.4. The molecule has 0 aliphatic carbocycles. The van der Waals surface area contributed by atoms with Crippen LogP contribution >= 0.6 is 0 Å². The van der Waals surface area contributed by atoms with E-state index in [9.17, 15) is 4.79 Å². The molecule has 4 heteroatoms. The molecule has 0 aliphatic heterocycles. The second-order valence-corrected chi connectivity index (χ2v) is 4.57. The summed E-state index contributed by atoms with van der Waals surface area (Å²) < 4.78 is 1.69. The average molecular weight is 243 g/mol. The molecule has 0 saturated heterocycles. The van der Waals surface area contributed by atoms with E-state index in [4.69, 9.17) is 0 Å². The van der Waals surface area contributed by atoms with Crippen LogP contribution in [0.5, 0.6) is 0 Å². The minimum atomic E-state index is -0.175. The lowest BCUT2D eigenvalue weighted by Gasteiger charge is -2.07. The lowest BCUT2D eigenvalue weighted by Crippen LogP contribution is -2.13. The third-order valence-electron chi connectivity index (χ3n) is 2.98. The maximum Gasteiger partial charge on any atom is 0.276 e. The summed E-state index contributed by atoms with van der Waals surface area (Å²) in [7, 11) is 1.82. The van der Waals surface area contributed by atoms with Gasteiger partial charge in [-0.25, -0.2) is 0 Å². The predicted octanol–water partition coefficient (Wildman–Crippen LogP) is 2.60. The Morgan fingerprint density at radius 2 is 1.94 bits per heavy atom. The summed E-state index contributed by atoms with van der Waals surface area (Å²) in [6.45, 7) is 5.92. The molecule has 18 heavy (non-hydrogen) atoms. The monoisotopic (exact) mass is 243 g/mol. The molecule has 0 atom stereocenters. The summed E-state index contributed by atoms with van der Waals surface area (Å²) in [5.41, 5.74) is 4.46. The second kappa shape index (κ2) is 4.64. The fourth-order valence-corrected chi connectivity index (χ4v) is 1.81. The lowest BCUT2D eigenvalue weighted by atomic mass is 10.1. The molecule has 1 N–H and O–H groups in total. The van der Waals surface area contributed by atoms with Crippen LogP contribution in [-0.2, 0) is 7.05 Å². The number of nitrogens with zero attached hydrogens (tertiary/aromatic N) is 2. The van der Waals surface area contributed by atoms with Gasteiger partial charge in [0.1, 0.15) is 0 Å². The van der Waals surface area contributed by atoms with Crippen LogP contribution in [0.2, 0.25) is 0 Å². The summed E-state index contributed by atoms with van der Waals surface area (Å²) in [5, 5.41) is 7.04. The van der Waals surface area contributed by atoms with Gasteiger partial charge < -0.3 is 5.32 Å². The van der Waals surface area contributed by atoms with Crippen molar-refractivity contribution in [1.29, 1.82) is 0 Å². The van der Waals surface area contributed by atoms with E-state index in [1.807, 2.05) is 46.0 Å². The van der Waals surface area contributed by atoms with Crippen LogP contribution in [-0.4, -0.2) is 15.7 Å². The van der Waals surface area contributed by atoms with Gasteiger partial charge in [0.2, 0.25) is 0 Å². The number of aryl methyl sites for hydroxylation is 4. The zero-order valence-electron chi connectivity index (χ0n) is 11.1. The number of carbonyl (C=O) groups is 1. The van der Waals surface area contributed by atoms with Crippen molar-refractivity contribution in [3.63, 3.8) is 0 Å². The number of amides is 1. The average Bonchev–Trinajstić information content (AvgIpc) is 2.63. The summed E-state index contributed by atoms with van der Waals surface area (Å²) in [4.78, 5) is 12.0. The largest absolute Gasteiger partial charge is 0.320 e. The third kappa shape index (κ3) is 2.42. The van der Waals surface area contributed by atoms with Gasteiger partial charge in [-0.2, -0.15) is 5.10 Å². The van der Waals surface area contributed by atoms with E-state index < -0.39 is 0 Å². The molecule has 1 aromatic heterocycles. The fraction of sp³-hybridized carbons (Fsp3) is 0.286. The Morgan fingerprint density at radius 3 is 2.50 bits per heavy atom. The van der Waals surface area contributed by atoms with E-state index in [1.165, 1.54) is 5.56 Å². The lowest BCUT2D eigenvalue weighted by molar-refractivity contribution is 0.102. The van der Waals surface area contributed by atoms with Crippen molar-refractivity contribution in [3.8, 4) is 0 Å². The number of hydrogen-bond acceptors (Lipinski definition) is 2. The Hall–Kier alpha value is -2.10. The number of hydrogen-bond donors (Lipinski definition) is 1. The standard InChI is InChI=1S/C14H17N3O/c1-9-5-6-12(10(2)7-9)15-14(18)13-8-11(3)17(4)16-13/h5-8H,1-4H3,(H,15,18). The molecular weight excluding hydrogens is 226 g/mol. The molecule has 0 saturated carbocycles. The molecule has 2 rings (SSSR count). The highest BCUT2D eigenvalue weighted by molar-refractivity contribution is 6.03. The number of nitrogens with one attached hydrogen (secondary N) is 1. The summed E-state index contributed by atoms with van der Waals surface area (Å²) >= 11 is 0. The molecule has 4 nitrogen and oxygen atoms in total. The summed E-state index contributed by atoms with van der Waals surface area (Å²) in [6, 6.07) is 7.71. The van der Waals surface area contributed by atoms with E-state index in [2.05, 4.69) is 10.4 Å². The van der Waals surface area contributed by atoms with E-state index in [1.54, 1.807) is 10.7 Å². The molecule has 94 valence electrons. The quantitative estimate of drug-likeness (QED) is 0.881. The molecule has 0 fully saturated rings. The maximum absolute atomic E-state index is 12.0. The summed E-state index contributed by atoms with van der Waals surface area (Å²) in [5.74, 6) is -0.175. The number of benzene rings is 1. The van der Waals surface area contributed by atoms with Gasteiger partial charge in [-0.15, -0.1) is 0 Å². The van der Waals surface area contributed by atoms with Crippen LogP contribution in [0.25, 0.3) is 0 Å². The zero-order chi connectivity index (χ0) is 13.3. The molecule has 1 amide bonds. The smallest absolute Gasteiger partial charge is 0.276 e. The minimum absolute atomic E-state index is 0.175. The molecule has 1 heterocycles. The first-order valence-corrected chi connectivity index (χ1v) is 5.86. The van der Waals surface area contributed by atoms with Crippen molar-refractivity contribution < 1.29 is 4.79 Å². The minimum Gasteiger partial charge on any atom is -0.320 e. The van der Waals surface area contributed by atoms with Crippen molar-refractivity contribution >= 4 is 11.6 Å². The maximum atomic E-state index is 12.0.